The molecule has 2 aliphatic heterocycles. The van der Waals surface area contributed by atoms with Gasteiger partial charge in [0.05, 0.1) is 31.9 Å². The third-order valence-electron chi connectivity index (χ3n) is 7.09. The third kappa shape index (κ3) is 3.43. The fraction of sp³-hybridized carbons (Fsp3) is 0.480. The first-order valence-corrected chi connectivity index (χ1v) is 11.2. The molecule has 0 amide bonds. The molecule has 0 atom stereocenters. The van der Waals surface area contributed by atoms with Crippen LogP contribution < -0.4 is 19.9 Å². The molecule has 1 saturated carbocycles. The van der Waals surface area contributed by atoms with Crippen LogP contribution in [0.15, 0.2) is 35.3 Å². The molecule has 3 aliphatic rings. The molecule has 31 heavy (non-hydrogen) atoms. The molecule has 164 valence electrons. The Kier molecular flexibility index (Phi) is 5.26. The van der Waals surface area contributed by atoms with Crippen molar-refractivity contribution in [1.82, 2.24) is 4.90 Å². The van der Waals surface area contributed by atoms with Crippen LogP contribution >= 0.6 is 0 Å². The van der Waals surface area contributed by atoms with E-state index in [1.54, 1.807) is 14.2 Å². The summed E-state index contributed by atoms with van der Waals surface area (Å²) in [5.41, 5.74) is 11.1. The molecule has 2 N–H and O–H groups in total. The van der Waals surface area contributed by atoms with Crippen molar-refractivity contribution in [2.75, 3.05) is 27.4 Å². The number of rotatable bonds is 7. The van der Waals surface area contributed by atoms with Gasteiger partial charge in [0.2, 0.25) is 0 Å². The Bertz CT molecular complexity index is 1010. The normalized spacial score (nSPS) is 18.7. The maximum Gasteiger partial charge on any atom is 0.163 e. The first-order chi connectivity index (χ1) is 15.1. The van der Waals surface area contributed by atoms with Gasteiger partial charge in [0.25, 0.3) is 0 Å². The predicted molar refractivity (Wildman–Crippen MR) is 122 cm³/mol. The van der Waals surface area contributed by atoms with E-state index in [9.17, 15) is 0 Å². The summed E-state index contributed by atoms with van der Waals surface area (Å²) in [6.45, 7) is 3.49. The lowest BCUT2D eigenvalue weighted by Gasteiger charge is -2.25. The van der Waals surface area contributed by atoms with Gasteiger partial charge < -0.3 is 19.9 Å². The number of amidine groups is 1. The SMILES string of the molecule is COc1cc2c(cc1OCCCN1Cc3cccc(OC)c3C1)N=C(N)C21CCCC1. The number of ether oxygens (including phenoxy) is 3. The van der Waals surface area contributed by atoms with Gasteiger partial charge in [-0.1, -0.05) is 25.0 Å². The van der Waals surface area contributed by atoms with E-state index in [0.29, 0.717) is 6.61 Å². The van der Waals surface area contributed by atoms with Crippen LogP contribution in [0.1, 0.15) is 48.8 Å². The van der Waals surface area contributed by atoms with Crippen LogP contribution in [0.2, 0.25) is 0 Å². The van der Waals surface area contributed by atoms with Crippen molar-refractivity contribution in [3.8, 4) is 17.2 Å². The van der Waals surface area contributed by atoms with Crippen LogP contribution in [0.3, 0.4) is 0 Å². The maximum atomic E-state index is 6.37. The highest BCUT2D eigenvalue weighted by atomic mass is 16.5. The Morgan fingerprint density at radius 2 is 1.84 bits per heavy atom. The number of benzene rings is 2. The number of nitrogens with zero attached hydrogens (tertiary/aromatic N) is 2. The second kappa shape index (κ2) is 8.08. The lowest BCUT2D eigenvalue weighted by atomic mass is 9.79. The van der Waals surface area contributed by atoms with Crippen molar-refractivity contribution in [1.29, 1.82) is 0 Å². The molecule has 1 spiro atoms. The van der Waals surface area contributed by atoms with E-state index in [1.165, 1.54) is 29.5 Å². The number of aliphatic imine (C=N–C) groups is 1. The molecule has 0 radical (unpaired) electrons. The number of hydrogen-bond donors (Lipinski definition) is 1. The minimum atomic E-state index is -0.0903. The fourth-order valence-electron chi connectivity index (χ4n) is 5.45. The van der Waals surface area contributed by atoms with Crippen LogP contribution in [0.4, 0.5) is 5.69 Å². The van der Waals surface area contributed by atoms with Gasteiger partial charge in [-0.25, -0.2) is 4.99 Å². The average molecular weight is 422 g/mol. The fourth-order valence-corrected chi connectivity index (χ4v) is 5.45. The van der Waals surface area contributed by atoms with E-state index < -0.39 is 0 Å². The molecule has 6 heteroatoms. The van der Waals surface area contributed by atoms with E-state index >= 15 is 0 Å². The summed E-state index contributed by atoms with van der Waals surface area (Å²) in [5, 5.41) is 0. The zero-order valence-corrected chi connectivity index (χ0v) is 18.4. The van der Waals surface area contributed by atoms with Crippen LogP contribution in [0, 0.1) is 0 Å². The molecule has 0 saturated heterocycles. The van der Waals surface area contributed by atoms with Crippen molar-refractivity contribution >= 4 is 11.5 Å². The van der Waals surface area contributed by atoms with Crippen molar-refractivity contribution in [3.63, 3.8) is 0 Å². The number of hydrogen-bond acceptors (Lipinski definition) is 6. The monoisotopic (exact) mass is 421 g/mol. The number of fused-ring (bicyclic) bond motifs is 3. The van der Waals surface area contributed by atoms with E-state index in [1.807, 2.05) is 12.1 Å². The van der Waals surface area contributed by atoms with Crippen LogP contribution in [-0.2, 0) is 18.5 Å². The lowest BCUT2D eigenvalue weighted by Crippen LogP contribution is -2.35. The van der Waals surface area contributed by atoms with Gasteiger partial charge in [-0.3, -0.25) is 4.90 Å². The molecular formula is C25H31N3O3. The molecule has 6 nitrogen and oxygen atoms in total. The van der Waals surface area contributed by atoms with Crippen molar-refractivity contribution in [2.45, 2.75) is 50.6 Å². The van der Waals surface area contributed by atoms with Crippen LogP contribution in [0.5, 0.6) is 17.2 Å². The largest absolute Gasteiger partial charge is 0.496 e. The highest BCUT2D eigenvalue weighted by Gasteiger charge is 2.45. The van der Waals surface area contributed by atoms with Crippen molar-refractivity contribution in [3.05, 3.63) is 47.0 Å². The topological polar surface area (TPSA) is 69.3 Å². The molecule has 0 bridgehead atoms. The van der Waals surface area contributed by atoms with Gasteiger partial charge in [0.1, 0.15) is 11.6 Å². The summed E-state index contributed by atoms with van der Waals surface area (Å²) in [6, 6.07) is 10.4. The van der Waals surface area contributed by atoms with Gasteiger partial charge in [-0.05, 0) is 42.5 Å². The molecular weight excluding hydrogens is 390 g/mol. The van der Waals surface area contributed by atoms with Gasteiger partial charge in [0, 0.05) is 31.3 Å². The van der Waals surface area contributed by atoms with E-state index in [2.05, 4.69) is 23.1 Å². The van der Waals surface area contributed by atoms with Crippen molar-refractivity contribution in [2.24, 2.45) is 10.7 Å². The van der Waals surface area contributed by atoms with E-state index in [4.69, 9.17) is 24.9 Å². The Hall–Kier alpha value is -2.73. The Morgan fingerprint density at radius 3 is 2.61 bits per heavy atom. The quantitative estimate of drug-likeness (QED) is 0.675. The minimum absolute atomic E-state index is 0.0903. The van der Waals surface area contributed by atoms with E-state index in [0.717, 1.165) is 67.7 Å². The predicted octanol–water partition coefficient (Wildman–Crippen LogP) is 4.30. The van der Waals surface area contributed by atoms with E-state index in [-0.39, 0.29) is 5.41 Å². The summed E-state index contributed by atoms with van der Waals surface area (Å²) in [4.78, 5) is 7.13. The average Bonchev–Trinajstić information content (AvgIpc) is 3.49. The maximum absolute atomic E-state index is 6.37. The first-order valence-electron chi connectivity index (χ1n) is 11.2. The molecule has 0 unspecified atom stereocenters. The third-order valence-corrected chi connectivity index (χ3v) is 7.09. The highest BCUT2D eigenvalue weighted by Crippen LogP contribution is 2.52. The van der Waals surface area contributed by atoms with Gasteiger partial charge >= 0.3 is 0 Å². The molecule has 2 aromatic rings. The van der Waals surface area contributed by atoms with Gasteiger partial charge in [0.15, 0.2) is 11.5 Å². The van der Waals surface area contributed by atoms with Crippen molar-refractivity contribution < 1.29 is 14.2 Å². The highest BCUT2D eigenvalue weighted by molar-refractivity contribution is 6.00. The molecule has 1 fully saturated rings. The smallest absolute Gasteiger partial charge is 0.163 e. The molecule has 2 heterocycles. The standard InChI is InChI=1S/C25H31N3O3/c1-29-21-8-5-7-17-15-28(16-18(17)21)11-6-12-31-23-14-20-19(13-22(23)30-2)25(24(26)27-20)9-3-4-10-25/h5,7-8,13-14H,3-4,6,9-12,15-16H2,1-2H3,(H2,26,27). The summed E-state index contributed by atoms with van der Waals surface area (Å²) >= 11 is 0. The van der Waals surface area contributed by atoms with Gasteiger partial charge in [-0.2, -0.15) is 0 Å². The van der Waals surface area contributed by atoms with Gasteiger partial charge in [-0.15, -0.1) is 0 Å². The lowest BCUT2D eigenvalue weighted by molar-refractivity contribution is 0.232. The van der Waals surface area contributed by atoms with Crippen LogP contribution in [-0.4, -0.2) is 38.1 Å². The molecule has 2 aromatic carbocycles. The summed E-state index contributed by atoms with van der Waals surface area (Å²) in [7, 11) is 3.44. The summed E-state index contributed by atoms with van der Waals surface area (Å²) in [6.07, 6.45) is 5.47. The first kappa shape index (κ1) is 20.2. The second-order valence-corrected chi connectivity index (χ2v) is 8.82. The Morgan fingerprint density at radius 1 is 1.03 bits per heavy atom. The number of methoxy groups -OCH3 is 2. The zero-order chi connectivity index (χ0) is 21.4. The Labute approximate surface area is 184 Å². The minimum Gasteiger partial charge on any atom is -0.496 e. The second-order valence-electron chi connectivity index (χ2n) is 8.82. The Balaban J connectivity index is 1.22. The summed E-state index contributed by atoms with van der Waals surface area (Å²) in [5.74, 6) is 3.26. The summed E-state index contributed by atoms with van der Waals surface area (Å²) < 4.78 is 17.3. The zero-order valence-electron chi connectivity index (χ0n) is 18.4. The van der Waals surface area contributed by atoms with Crippen LogP contribution in [0.25, 0.3) is 0 Å². The molecule has 5 rings (SSSR count). The molecule has 1 aliphatic carbocycles. The number of nitrogens with two attached hydrogens (primary N) is 1. The molecule has 0 aromatic heterocycles.